The van der Waals surface area contributed by atoms with Crippen LogP contribution in [-0.4, -0.2) is 18.9 Å². The highest BCUT2D eigenvalue weighted by molar-refractivity contribution is 6.46. The summed E-state index contributed by atoms with van der Waals surface area (Å²) >= 11 is 6.25. The summed E-state index contributed by atoms with van der Waals surface area (Å²) in [7, 11) is 1.53. The molecule has 31 heavy (non-hydrogen) atoms. The van der Waals surface area contributed by atoms with E-state index < -0.39 is 5.91 Å². The van der Waals surface area contributed by atoms with E-state index in [0.29, 0.717) is 33.3 Å². The summed E-state index contributed by atoms with van der Waals surface area (Å²) in [5.74, 6) is -0.268. The van der Waals surface area contributed by atoms with E-state index >= 15 is 0 Å². The zero-order valence-electron chi connectivity index (χ0n) is 17.4. The molecule has 0 radical (unpaired) electrons. The van der Waals surface area contributed by atoms with Crippen LogP contribution in [0.2, 0.25) is 5.02 Å². The van der Waals surface area contributed by atoms with Gasteiger partial charge in [0.1, 0.15) is 11.4 Å². The van der Waals surface area contributed by atoms with Crippen molar-refractivity contribution in [2.45, 2.75) is 13.8 Å². The van der Waals surface area contributed by atoms with Crippen molar-refractivity contribution in [2.24, 2.45) is 0 Å². The third-order valence-electron chi connectivity index (χ3n) is 5.32. The van der Waals surface area contributed by atoms with Crippen LogP contribution in [0.1, 0.15) is 16.7 Å². The van der Waals surface area contributed by atoms with Gasteiger partial charge in [-0.05, 0) is 60.9 Å². The fourth-order valence-corrected chi connectivity index (χ4v) is 3.76. The number of rotatable bonds is 5. The number of nitrogens with one attached hydrogen (secondary N) is 1. The Balaban J connectivity index is 1.80. The monoisotopic (exact) mass is 432 g/mol. The van der Waals surface area contributed by atoms with E-state index in [9.17, 15) is 9.59 Å². The molecule has 0 saturated carbocycles. The fraction of sp³-hybridized carbons (Fsp3) is 0.120. The van der Waals surface area contributed by atoms with Crippen molar-refractivity contribution in [3.63, 3.8) is 0 Å². The summed E-state index contributed by atoms with van der Waals surface area (Å²) in [5.41, 5.74) is 4.39. The molecule has 6 heteroatoms. The van der Waals surface area contributed by atoms with E-state index in [0.717, 1.165) is 11.1 Å². The number of hydrogen-bond donors (Lipinski definition) is 1. The number of ether oxygens (including phenoxy) is 1. The third-order valence-corrected chi connectivity index (χ3v) is 5.61. The van der Waals surface area contributed by atoms with Crippen LogP contribution >= 0.6 is 11.6 Å². The van der Waals surface area contributed by atoms with Crippen molar-refractivity contribution in [3.8, 4) is 5.75 Å². The van der Waals surface area contributed by atoms with Crippen LogP contribution in [0, 0.1) is 13.8 Å². The molecular formula is C25H21ClN2O3. The summed E-state index contributed by atoms with van der Waals surface area (Å²) < 4.78 is 5.19. The Morgan fingerprint density at radius 1 is 0.871 bits per heavy atom. The molecule has 0 unspecified atom stereocenters. The predicted molar refractivity (Wildman–Crippen MR) is 123 cm³/mol. The third kappa shape index (κ3) is 3.80. The number of aryl methyl sites for hydroxylation is 2. The molecule has 0 saturated heterocycles. The van der Waals surface area contributed by atoms with Crippen LogP contribution in [-0.2, 0) is 9.59 Å². The fourth-order valence-electron chi connectivity index (χ4n) is 3.51. The van der Waals surface area contributed by atoms with Gasteiger partial charge in [-0.25, -0.2) is 4.90 Å². The standard InChI is InChI=1S/C25H21ClN2O3/c1-15-9-11-19(13-16(15)2)28-24(29)22(17-7-5-4-6-8-17)23(25(28)30)27-18-10-12-21(31-3)20(26)14-18/h4-14,27H,1-3H3. The Kier molecular flexibility index (Phi) is 5.53. The number of anilines is 2. The first-order valence-corrected chi connectivity index (χ1v) is 10.1. The largest absolute Gasteiger partial charge is 0.495 e. The maximum Gasteiger partial charge on any atom is 0.282 e. The van der Waals surface area contributed by atoms with Crippen molar-refractivity contribution in [3.05, 3.63) is 94.1 Å². The number of imide groups is 1. The highest BCUT2D eigenvalue weighted by Gasteiger charge is 2.40. The van der Waals surface area contributed by atoms with Gasteiger partial charge in [-0.3, -0.25) is 9.59 Å². The van der Waals surface area contributed by atoms with E-state index in [1.54, 1.807) is 24.3 Å². The normalized spacial score (nSPS) is 13.7. The van der Waals surface area contributed by atoms with Gasteiger partial charge in [-0.2, -0.15) is 0 Å². The Labute approximate surface area is 185 Å². The molecule has 5 nitrogen and oxygen atoms in total. The second kappa shape index (κ2) is 8.28. The van der Waals surface area contributed by atoms with Crippen LogP contribution in [0.25, 0.3) is 5.57 Å². The molecule has 2 amide bonds. The maximum absolute atomic E-state index is 13.4. The number of nitrogens with zero attached hydrogens (tertiary/aromatic N) is 1. The lowest BCUT2D eigenvalue weighted by Gasteiger charge is -2.17. The van der Waals surface area contributed by atoms with Crippen molar-refractivity contribution in [2.75, 3.05) is 17.3 Å². The number of benzene rings is 3. The van der Waals surface area contributed by atoms with Crippen molar-refractivity contribution in [1.29, 1.82) is 0 Å². The van der Waals surface area contributed by atoms with Crippen LogP contribution in [0.3, 0.4) is 0 Å². The Morgan fingerprint density at radius 2 is 1.61 bits per heavy atom. The molecule has 0 fully saturated rings. The van der Waals surface area contributed by atoms with Crippen molar-refractivity contribution in [1.82, 2.24) is 0 Å². The minimum atomic E-state index is -0.418. The Bertz CT molecular complexity index is 1220. The highest BCUT2D eigenvalue weighted by atomic mass is 35.5. The predicted octanol–water partition coefficient (Wildman–Crippen LogP) is 5.36. The molecule has 4 rings (SSSR count). The summed E-state index contributed by atoms with van der Waals surface area (Å²) in [6.45, 7) is 3.94. The molecule has 1 aliphatic heterocycles. The SMILES string of the molecule is COc1ccc(NC2=C(c3ccccc3)C(=O)N(c3ccc(C)c(C)c3)C2=O)cc1Cl. The molecule has 3 aromatic rings. The topological polar surface area (TPSA) is 58.6 Å². The molecule has 0 aliphatic carbocycles. The lowest BCUT2D eigenvalue weighted by molar-refractivity contribution is -0.120. The summed E-state index contributed by atoms with van der Waals surface area (Å²) in [6.07, 6.45) is 0. The Morgan fingerprint density at radius 3 is 2.26 bits per heavy atom. The van der Waals surface area contributed by atoms with Crippen LogP contribution in [0.4, 0.5) is 11.4 Å². The van der Waals surface area contributed by atoms with Crippen molar-refractivity contribution >= 4 is 40.4 Å². The Hall–Kier alpha value is -3.57. The van der Waals surface area contributed by atoms with Gasteiger partial charge >= 0.3 is 0 Å². The molecule has 3 aromatic carbocycles. The second-order valence-electron chi connectivity index (χ2n) is 7.30. The van der Waals surface area contributed by atoms with E-state index in [4.69, 9.17) is 16.3 Å². The summed E-state index contributed by atoms with van der Waals surface area (Å²) in [6, 6.07) is 19.8. The maximum atomic E-state index is 13.4. The van der Waals surface area contributed by atoms with Crippen LogP contribution in [0.5, 0.6) is 5.75 Å². The minimum absolute atomic E-state index is 0.204. The lowest BCUT2D eigenvalue weighted by Crippen LogP contribution is -2.32. The first-order chi connectivity index (χ1) is 14.9. The summed E-state index contributed by atoms with van der Waals surface area (Å²) in [5, 5.41) is 3.52. The van der Waals surface area contributed by atoms with E-state index in [2.05, 4.69) is 5.32 Å². The van der Waals surface area contributed by atoms with Gasteiger partial charge < -0.3 is 10.1 Å². The number of amides is 2. The first kappa shape index (κ1) is 20.7. The van der Waals surface area contributed by atoms with E-state index in [1.165, 1.54) is 12.0 Å². The number of carbonyl (C=O) groups is 2. The van der Waals surface area contributed by atoms with Crippen LogP contribution < -0.4 is 15.0 Å². The zero-order chi connectivity index (χ0) is 22.1. The van der Waals surface area contributed by atoms with Gasteiger partial charge in [0, 0.05) is 5.69 Å². The molecule has 1 heterocycles. The highest BCUT2D eigenvalue weighted by Crippen LogP contribution is 2.35. The summed E-state index contributed by atoms with van der Waals surface area (Å²) in [4.78, 5) is 28.1. The molecule has 0 atom stereocenters. The van der Waals surface area contributed by atoms with Crippen LogP contribution in [0.15, 0.2) is 72.4 Å². The molecule has 156 valence electrons. The van der Waals surface area contributed by atoms with Gasteiger partial charge in [-0.1, -0.05) is 48.0 Å². The average Bonchev–Trinajstić information content (AvgIpc) is 3.00. The van der Waals surface area contributed by atoms with Gasteiger partial charge in [0.15, 0.2) is 0 Å². The first-order valence-electron chi connectivity index (χ1n) is 9.77. The molecule has 1 N–H and O–H groups in total. The number of halogens is 1. The molecule has 0 spiro atoms. The van der Waals surface area contributed by atoms with Crippen molar-refractivity contribution < 1.29 is 14.3 Å². The van der Waals surface area contributed by atoms with E-state index in [-0.39, 0.29) is 11.6 Å². The quantitative estimate of drug-likeness (QED) is 0.551. The minimum Gasteiger partial charge on any atom is -0.495 e. The second-order valence-corrected chi connectivity index (χ2v) is 7.71. The average molecular weight is 433 g/mol. The van der Waals surface area contributed by atoms with Gasteiger partial charge in [0.05, 0.1) is 23.4 Å². The van der Waals surface area contributed by atoms with Gasteiger partial charge in [-0.15, -0.1) is 0 Å². The van der Waals surface area contributed by atoms with E-state index in [1.807, 2.05) is 56.3 Å². The molecule has 0 aromatic heterocycles. The zero-order valence-corrected chi connectivity index (χ0v) is 18.2. The molecular weight excluding hydrogens is 412 g/mol. The number of carbonyl (C=O) groups excluding carboxylic acids is 2. The number of hydrogen-bond acceptors (Lipinski definition) is 4. The molecule has 1 aliphatic rings. The van der Waals surface area contributed by atoms with Gasteiger partial charge in [0.25, 0.3) is 11.8 Å². The van der Waals surface area contributed by atoms with Gasteiger partial charge in [0.2, 0.25) is 0 Å². The lowest BCUT2D eigenvalue weighted by atomic mass is 10.0. The molecule has 0 bridgehead atoms. The smallest absolute Gasteiger partial charge is 0.282 e. The number of methoxy groups -OCH3 is 1.